The van der Waals surface area contributed by atoms with E-state index in [4.69, 9.17) is 10.3 Å². The second kappa shape index (κ2) is 5.63. The van der Waals surface area contributed by atoms with Gasteiger partial charge >= 0.3 is 0 Å². The van der Waals surface area contributed by atoms with E-state index in [1.807, 2.05) is 6.07 Å². The predicted molar refractivity (Wildman–Crippen MR) is 83.2 cm³/mol. The lowest BCUT2D eigenvalue weighted by molar-refractivity contribution is 0.279. The molecule has 2 N–H and O–H groups in total. The number of hydrogen-bond acceptors (Lipinski definition) is 4. The molecule has 2 aliphatic rings. The highest BCUT2D eigenvalue weighted by Crippen LogP contribution is 2.51. The first-order chi connectivity index (χ1) is 10.1. The Hall–Kier alpha value is -1.46. The van der Waals surface area contributed by atoms with Crippen molar-refractivity contribution in [2.75, 3.05) is 0 Å². The lowest BCUT2D eigenvalue weighted by atomic mass is 9.85. The highest BCUT2D eigenvalue weighted by atomic mass is 35.5. The summed E-state index contributed by atoms with van der Waals surface area (Å²) in [7, 11) is 0. The van der Waals surface area contributed by atoms with Crippen molar-refractivity contribution >= 4 is 12.4 Å². The van der Waals surface area contributed by atoms with E-state index in [1.165, 1.54) is 25.3 Å². The highest BCUT2D eigenvalue weighted by molar-refractivity contribution is 5.85. The van der Waals surface area contributed by atoms with Gasteiger partial charge in [-0.25, -0.2) is 4.39 Å². The number of nitrogens with two attached hydrogens (primary N) is 1. The summed E-state index contributed by atoms with van der Waals surface area (Å²) in [5, 5.41) is 4.01. The molecule has 2 aliphatic carbocycles. The summed E-state index contributed by atoms with van der Waals surface area (Å²) >= 11 is 0. The van der Waals surface area contributed by atoms with Gasteiger partial charge in [0.2, 0.25) is 11.7 Å². The molecule has 1 aromatic heterocycles. The molecular formula is C16H19ClFN3O. The Balaban J connectivity index is 0.00000144. The van der Waals surface area contributed by atoms with E-state index in [2.05, 4.69) is 10.1 Å². The number of hydrogen-bond donors (Lipinski definition) is 1. The molecule has 2 saturated carbocycles. The zero-order valence-electron chi connectivity index (χ0n) is 12.3. The fraction of sp³-hybridized carbons (Fsp3) is 0.500. The molecule has 4 atom stereocenters. The van der Waals surface area contributed by atoms with Crippen molar-refractivity contribution in [3.8, 4) is 11.4 Å². The smallest absolute Gasteiger partial charge is 0.231 e. The predicted octanol–water partition coefficient (Wildman–Crippen LogP) is 3.45. The van der Waals surface area contributed by atoms with Gasteiger partial charge in [0.15, 0.2) is 0 Å². The van der Waals surface area contributed by atoms with Gasteiger partial charge in [0.05, 0.1) is 5.92 Å². The van der Waals surface area contributed by atoms with E-state index in [-0.39, 0.29) is 30.2 Å². The summed E-state index contributed by atoms with van der Waals surface area (Å²) in [6.07, 6.45) is 3.58. The van der Waals surface area contributed by atoms with E-state index in [9.17, 15) is 4.39 Å². The van der Waals surface area contributed by atoms with E-state index in [0.29, 0.717) is 34.7 Å². The van der Waals surface area contributed by atoms with Crippen LogP contribution >= 0.6 is 12.4 Å². The van der Waals surface area contributed by atoms with Crippen LogP contribution < -0.4 is 5.73 Å². The largest absolute Gasteiger partial charge is 0.339 e. The Morgan fingerprint density at radius 2 is 2.05 bits per heavy atom. The molecular weight excluding hydrogens is 305 g/mol. The van der Waals surface area contributed by atoms with Crippen molar-refractivity contribution in [1.82, 2.24) is 10.1 Å². The number of benzene rings is 1. The SMILES string of the molecule is Cc1ccc(-c2noc(C3C4CCC(C4)C3N)n2)cc1F.Cl. The average molecular weight is 324 g/mol. The lowest BCUT2D eigenvalue weighted by Crippen LogP contribution is -2.34. The van der Waals surface area contributed by atoms with Crippen molar-refractivity contribution in [3.63, 3.8) is 0 Å². The third-order valence-corrected chi connectivity index (χ3v) is 5.14. The summed E-state index contributed by atoms with van der Waals surface area (Å²) in [6, 6.07) is 5.11. The van der Waals surface area contributed by atoms with Gasteiger partial charge in [0.25, 0.3) is 0 Å². The monoisotopic (exact) mass is 323 g/mol. The summed E-state index contributed by atoms with van der Waals surface area (Å²) in [5.74, 6) is 2.13. The summed E-state index contributed by atoms with van der Waals surface area (Å²) in [4.78, 5) is 4.48. The normalized spacial score (nSPS) is 29.6. The molecule has 1 heterocycles. The molecule has 0 radical (unpaired) electrons. The van der Waals surface area contributed by atoms with Crippen molar-refractivity contribution in [2.45, 2.75) is 38.1 Å². The first-order valence-corrected chi connectivity index (χ1v) is 7.49. The Kier molecular flexibility index (Phi) is 3.95. The minimum atomic E-state index is -0.254. The van der Waals surface area contributed by atoms with Crippen molar-refractivity contribution in [2.24, 2.45) is 17.6 Å². The van der Waals surface area contributed by atoms with E-state index < -0.39 is 0 Å². The van der Waals surface area contributed by atoms with E-state index in [1.54, 1.807) is 13.0 Å². The Bertz CT molecular complexity index is 688. The fourth-order valence-electron chi connectivity index (χ4n) is 3.92. The third kappa shape index (κ3) is 2.32. The maximum Gasteiger partial charge on any atom is 0.231 e. The van der Waals surface area contributed by atoms with Crippen LogP contribution in [0.3, 0.4) is 0 Å². The van der Waals surface area contributed by atoms with Crippen LogP contribution in [0.1, 0.15) is 36.6 Å². The molecule has 4 rings (SSSR count). The quantitative estimate of drug-likeness (QED) is 0.919. The van der Waals surface area contributed by atoms with Gasteiger partial charge in [-0.05, 0) is 49.7 Å². The molecule has 4 unspecified atom stereocenters. The Labute approximate surface area is 134 Å². The lowest BCUT2D eigenvalue weighted by Gasteiger charge is -2.24. The first kappa shape index (κ1) is 15.4. The van der Waals surface area contributed by atoms with E-state index in [0.717, 1.165) is 0 Å². The minimum Gasteiger partial charge on any atom is -0.339 e. The first-order valence-electron chi connectivity index (χ1n) is 7.49. The molecule has 0 spiro atoms. The van der Waals surface area contributed by atoms with Crippen molar-refractivity contribution in [3.05, 3.63) is 35.5 Å². The second-order valence-corrected chi connectivity index (χ2v) is 6.36. The molecule has 4 nitrogen and oxygen atoms in total. The number of halogens is 2. The molecule has 6 heteroatoms. The fourth-order valence-corrected chi connectivity index (χ4v) is 3.92. The summed E-state index contributed by atoms with van der Waals surface area (Å²) in [6.45, 7) is 1.73. The van der Waals surface area contributed by atoms with Crippen LogP contribution in [-0.4, -0.2) is 16.2 Å². The van der Waals surface area contributed by atoms with Crippen LogP contribution in [0.25, 0.3) is 11.4 Å². The van der Waals surface area contributed by atoms with Crippen molar-refractivity contribution in [1.29, 1.82) is 0 Å². The van der Waals surface area contributed by atoms with Gasteiger partial charge in [0, 0.05) is 11.6 Å². The number of nitrogens with zero attached hydrogens (tertiary/aromatic N) is 2. The molecule has 2 fully saturated rings. The maximum absolute atomic E-state index is 13.7. The number of rotatable bonds is 2. The number of aryl methyl sites for hydroxylation is 1. The Morgan fingerprint density at radius 3 is 2.73 bits per heavy atom. The van der Waals surface area contributed by atoms with E-state index >= 15 is 0 Å². The van der Waals surface area contributed by atoms with Gasteiger partial charge in [0.1, 0.15) is 5.82 Å². The van der Waals surface area contributed by atoms with Gasteiger partial charge in [-0.2, -0.15) is 4.98 Å². The molecule has 0 saturated heterocycles. The number of aromatic nitrogens is 2. The Morgan fingerprint density at radius 1 is 1.27 bits per heavy atom. The molecule has 22 heavy (non-hydrogen) atoms. The van der Waals surface area contributed by atoms with Gasteiger partial charge < -0.3 is 10.3 Å². The zero-order chi connectivity index (χ0) is 14.6. The maximum atomic E-state index is 13.7. The molecule has 2 aromatic rings. The van der Waals surface area contributed by atoms with Gasteiger partial charge in [-0.1, -0.05) is 17.3 Å². The zero-order valence-corrected chi connectivity index (χ0v) is 13.1. The van der Waals surface area contributed by atoms with Crippen LogP contribution in [0.5, 0.6) is 0 Å². The minimum absolute atomic E-state index is 0. The molecule has 0 aliphatic heterocycles. The summed E-state index contributed by atoms with van der Waals surface area (Å²) < 4.78 is 19.1. The van der Waals surface area contributed by atoms with Crippen LogP contribution in [0, 0.1) is 24.6 Å². The van der Waals surface area contributed by atoms with Crippen LogP contribution in [0.4, 0.5) is 4.39 Å². The average Bonchev–Trinajstić information content (AvgIpc) is 3.16. The third-order valence-electron chi connectivity index (χ3n) is 5.14. The standard InChI is InChI=1S/C16H18FN3O.ClH/c1-8-2-3-11(7-12(8)17)15-19-16(21-20-15)13-9-4-5-10(6-9)14(13)18;/h2-3,7,9-10,13-14H,4-6,18H2,1H3;1H. The topological polar surface area (TPSA) is 64.9 Å². The number of fused-ring (bicyclic) bond motifs is 2. The molecule has 0 amide bonds. The molecule has 1 aromatic carbocycles. The van der Waals surface area contributed by atoms with Gasteiger partial charge in [-0.3, -0.25) is 0 Å². The summed E-state index contributed by atoms with van der Waals surface area (Å²) in [5.41, 5.74) is 7.55. The molecule has 2 bridgehead atoms. The van der Waals surface area contributed by atoms with Crippen LogP contribution in [0.15, 0.2) is 22.7 Å². The van der Waals surface area contributed by atoms with Gasteiger partial charge in [-0.15, -0.1) is 12.4 Å². The highest BCUT2D eigenvalue weighted by Gasteiger charge is 2.48. The van der Waals surface area contributed by atoms with Crippen LogP contribution in [-0.2, 0) is 0 Å². The van der Waals surface area contributed by atoms with Crippen molar-refractivity contribution < 1.29 is 8.91 Å². The molecule has 118 valence electrons. The van der Waals surface area contributed by atoms with Crippen LogP contribution in [0.2, 0.25) is 0 Å². The second-order valence-electron chi connectivity index (χ2n) is 6.36.